The van der Waals surface area contributed by atoms with E-state index in [1.165, 1.54) is 0 Å². The number of carbonyl (C=O) groups excluding carboxylic acids is 1. The first-order chi connectivity index (χ1) is 10.0. The van der Waals surface area contributed by atoms with Crippen LogP contribution in [0.25, 0.3) is 11.3 Å². The number of hydrogen-bond donors (Lipinski definition) is 0. The van der Waals surface area contributed by atoms with Gasteiger partial charge >= 0.3 is 5.97 Å². The van der Waals surface area contributed by atoms with Gasteiger partial charge in [-0.15, -0.1) is 0 Å². The smallest absolute Gasteiger partial charge is 0.339 e. The zero-order chi connectivity index (χ0) is 15.4. The summed E-state index contributed by atoms with van der Waals surface area (Å²) in [4.78, 5) is 16.7. The average Bonchev–Trinajstić information content (AvgIpc) is 2.47. The van der Waals surface area contributed by atoms with E-state index in [1.54, 1.807) is 13.0 Å². The van der Waals surface area contributed by atoms with E-state index >= 15 is 0 Å². The molecule has 0 amide bonds. The van der Waals surface area contributed by atoms with Crippen molar-refractivity contribution in [2.75, 3.05) is 6.61 Å². The molecule has 4 heteroatoms. The van der Waals surface area contributed by atoms with Crippen LogP contribution in [0.2, 0.25) is 0 Å². The maximum atomic E-state index is 12.0. The van der Waals surface area contributed by atoms with Gasteiger partial charge in [-0.3, -0.25) is 4.98 Å². The number of ether oxygens (including phenoxy) is 1. The minimum atomic E-state index is -0.309. The van der Waals surface area contributed by atoms with E-state index in [1.807, 2.05) is 44.2 Å². The number of benzene rings is 1. The van der Waals surface area contributed by atoms with Crippen LogP contribution in [0.15, 0.2) is 40.9 Å². The van der Waals surface area contributed by atoms with E-state index in [9.17, 15) is 4.79 Å². The molecule has 0 unspecified atom stereocenters. The lowest BCUT2D eigenvalue weighted by Crippen LogP contribution is -2.11. The summed E-state index contributed by atoms with van der Waals surface area (Å²) in [5, 5.41) is 0. The number of rotatable bonds is 4. The Morgan fingerprint density at radius 3 is 2.43 bits per heavy atom. The van der Waals surface area contributed by atoms with E-state index < -0.39 is 0 Å². The molecule has 110 valence electrons. The zero-order valence-corrected chi connectivity index (χ0v) is 14.0. The van der Waals surface area contributed by atoms with Crippen LogP contribution in [0.5, 0.6) is 0 Å². The van der Waals surface area contributed by atoms with Crippen molar-refractivity contribution in [1.82, 2.24) is 4.98 Å². The third-order valence-electron chi connectivity index (χ3n) is 3.11. The lowest BCUT2D eigenvalue weighted by Gasteiger charge is -2.13. The van der Waals surface area contributed by atoms with Crippen LogP contribution < -0.4 is 0 Å². The second-order valence-corrected chi connectivity index (χ2v) is 5.93. The number of hydrogen-bond acceptors (Lipinski definition) is 3. The zero-order valence-electron chi connectivity index (χ0n) is 12.4. The standard InChI is InChI=1S/C17H18BrNO2/c1-4-21-17(20)14-9-10-15(19-16(14)11(2)3)12-5-7-13(18)8-6-12/h5-11H,4H2,1-3H3. The van der Waals surface area contributed by atoms with Gasteiger partial charge in [0.25, 0.3) is 0 Å². The van der Waals surface area contributed by atoms with Crippen LogP contribution in [-0.2, 0) is 4.74 Å². The molecule has 1 aromatic carbocycles. The van der Waals surface area contributed by atoms with Gasteiger partial charge in [0.15, 0.2) is 0 Å². The fourth-order valence-corrected chi connectivity index (χ4v) is 2.34. The Bertz CT molecular complexity index is 636. The van der Waals surface area contributed by atoms with E-state index in [0.717, 1.165) is 21.4 Å². The van der Waals surface area contributed by atoms with Crippen LogP contribution in [-0.4, -0.2) is 17.6 Å². The summed E-state index contributed by atoms with van der Waals surface area (Å²) in [6.07, 6.45) is 0. The van der Waals surface area contributed by atoms with Gasteiger partial charge < -0.3 is 4.74 Å². The van der Waals surface area contributed by atoms with Gasteiger partial charge in [0, 0.05) is 10.0 Å². The molecule has 0 spiro atoms. The lowest BCUT2D eigenvalue weighted by atomic mass is 10.0. The molecule has 3 nitrogen and oxygen atoms in total. The molecular formula is C17H18BrNO2. The highest BCUT2D eigenvalue weighted by atomic mass is 79.9. The van der Waals surface area contributed by atoms with Crippen molar-refractivity contribution in [1.29, 1.82) is 0 Å². The van der Waals surface area contributed by atoms with Gasteiger partial charge in [-0.05, 0) is 37.1 Å². The van der Waals surface area contributed by atoms with E-state index in [-0.39, 0.29) is 11.9 Å². The van der Waals surface area contributed by atoms with Crippen LogP contribution in [0, 0.1) is 0 Å². The molecule has 0 radical (unpaired) electrons. The summed E-state index contributed by atoms with van der Waals surface area (Å²) >= 11 is 3.42. The van der Waals surface area contributed by atoms with Gasteiger partial charge in [-0.1, -0.05) is 41.9 Å². The Balaban J connectivity index is 2.45. The van der Waals surface area contributed by atoms with Gasteiger partial charge in [0.2, 0.25) is 0 Å². The number of esters is 1. The molecule has 0 aliphatic heterocycles. The van der Waals surface area contributed by atoms with Gasteiger partial charge in [-0.25, -0.2) is 4.79 Å². The minimum Gasteiger partial charge on any atom is -0.462 e. The fraction of sp³-hybridized carbons (Fsp3) is 0.294. The normalized spacial score (nSPS) is 10.7. The van der Waals surface area contributed by atoms with E-state index in [0.29, 0.717) is 12.2 Å². The largest absolute Gasteiger partial charge is 0.462 e. The predicted octanol–water partition coefficient (Wildman–Crippen LogP) is 4.81. The first kappa shape index (κ1) is 15.7. The average molecular weight is 348 g/mol. The van der Waals surface area contributed by atoms with Crippen molar-refractivity contribution in [3.8, 4) is 11.3 Å². The summed E-state index contributed by atoms with van der Waals surface area (Å²) in [6, 6.07) is 11.6. The van der Waals surface area contributed by atoms with Crippen LogP contribution in [0.4, 0.5) is 0 Å². The first-order valence-electron chi connectivity index (χ1n) is 6.97. The van der Waals surface area contributed by atoms with Crippen LogP contribution in [0.3, 0.4) is 0 Å². The molecule has 2 rings (SSSR count). The summed E-state index contributed by atoms with van der Waals surface area (Å²) < 4.78 is 6.12. The highest BCUT2D eigenvalue weighted by molar-refractivity contribution is 9.10. The van der Waals surface area contributed by atoms with Gasteiger partial charge in [-0.2, -0.15) is 0 Å². The van der Waals surface area contributed by atoms with E-state index in [4.69, 9.17) is 4.74 Å². The monoisotopic (exact) mass is 347 g/mol. The molecule has 0 saturated heterocycles. The molecule has 1 aromatic heterocycles. The fourth-order valence-electron chi connectivity index (χ4n) is 2.08. The quantitative estimate of drug-likeness (QED) is 0.745. The lowest BCUT2D eigenvalue weighted by molar-refractivity contribution is 0.0524. The first-order valence-corrected chi connectivity index (χ1v) is 7.76. The van der Waals surface area contributed by atoms with Crippen molar-refractivity contribution in [3.63, 3.8) is 0 Å². The summed E-state index contributed by atoms with van der Waals surface area (Å²) in [7, 11) is 0. The Labute approximate surface area is 133 Å². The molecular weight excluding hydrogens is 330 g/mol. The van der Waals surface area contributed by atoms with Gasteiger partial charge in [0.05, 0.1) is 23.6 Å². The molecule has 0 fully saturated rings. The summed E-state index contributed by atoms with van der Waals surface area (Å²) in [5.41, 5.74) is 3.20. The molecule has 21 heavy (non-hydrogen) atoms. The topological polar surface area (TPSA) is 39.2 Å². The maximum absolute atomic E-state index is 12.0. The predicted molar refractivity (Wildman–Crippen MR) is 87.4 cm³/mol. The Hall–Kier alpha value is -1.68. The molecule has 0 atom stereocenters. The van der Waals surface area contributed by atoms with Crippen LogP contribution >= 0.6 is 15.9 Å². The second-order valence-electron chi connectivity index (χ2n) is 5.01. The summed E-state index contributed by atoms with van der Waals surface area (Å²) in [6.45, 7) is 6.22. The third-order valence-corrected chi connectivity index (χ3v) is 3.64. The third kappa shape index (κ3) is 3.70. The van der Waals surface area contributed by atoms with E-state index in [2.05, 4.69) is 20.9 Å². The Morgan fingerprint density at radius 1 is 1.19 bits per heavy atom. The van der Waals surface area contributed by atoms with Gasteiger partial charge in [0.1, 0.15) is 0 Å². The summed E-state index contributed by atoms with van der Waals surface area (Å²) in [5.74, 6) is -0.157. The maximum Gasteiger partial charge on any atom is 0.339 e. The molecule has 0 saturated carbocycles. The SMILES string of the molecule is CCOC(=O)c1ccc(-c2ccc(Br)cc2)nc1C(C)C. The van der Waals surface area contributed by atoms with Crippen LogP contribution in [0.1, 0.15) is 42.7 Å². The number of carbonyl (C=O) groups is 1. The molecule has 0 aliphatic rings. The number of halogens is 1. The highest BCUT2D eigenvalue weighted by Gasteiger charge is 2.17. The molecule has 1 heterocycles. The molecule has 0 aliphatic carbocycles. The highest BCUT2D eigenvalue weighted by Crippen LogP contribution is 2.25. The van der Waals surface area contributed by atoms with Crippen molar-refractivity contribution in [2.45, 2.75) is 26.7 Å². The molecule has 0 N–H and O–H groups in total. The van der Waals surface area contributed by atoms with Crippen molar-refractivity contribution in [2.24, 2.45) is 0 Å². The number of nitrogens with zero attached hydrogens (tertiary/aromatic N) is 1. The number of aromatic nitrogens is 1. The molecule has 2 aromatic rings. The van der Waals surface area contributed by atoms with Crippen molar-refractivity contribution in [3.05, 3.63) is 52.1 Å². The molecule has 0 bridgehead atoms. The minimum absolute atomic E-state index is 0.153. The number of pyridine rings is 1. The Morgan fingerprint density at radius 2 is 1.86 bits per heavy atom. The Kier molecular flexibility index (Phi) is 5.12. The van der Waals surface area contributed by atoms with Crippen molar-refractivity contribution < 1.29 is 9.53 Å². The van der Waals surface area contributed by atoms with Crippen molar-refractivity contribution >= 4 is 21.9 Å². The second kappa shape index (κ2) is 6.85.